The molecule has 0 saturated carbocycles. The molecule has 1 N–H and O–H groups in total. The molecule has 0 atom stereocenters. The molecule has 0 aliphatic heterocycles. The van der Waals surface area contributed by atoms with E-state index in [9.17, 15) is 0 Å². The van der Waals surface area contributed by atoms with Crippen molar-refractivity contribution in [1.29, 1.82) is 0 Å². The molecule has 0 aliphatic rings. The number of hydrogen-bond donors (Lipinski definition) is 1. The van der Waals surface area contributed by atoms with Gasteiger partial charge in [0.25, 0.3) is 0 Å². The molecular weight excluding hydrogens is 304 g/mol. The highest BCUT2D eigenvalue weighted by Crippen LogP contribution is 2.26. The second kappa shape index (κ2) is 4.94. The van der Waals surface area contributed by atoms with Gasteiger partial charge in [0.05, 0.1) is 23.8 Å². The van der Waals surface area contributed by atoms with Crippen LogP contribution in [0, 0.1) is 3.95 Å². The second-order valence-corrected chi connectivity index (χ2v) is 6.24. The number of furan rings is 1. The van der Waals surface area contributed by atoms with Gasteiger partial charge >= 0.3 is 0 Å². The third kappa shape index (κ3) is 2.20. The van der Waals surface area contributed by atoms with Crippen molar-refractivity contribution in [1.82, 2.24) is 19.7 Å². The van der Waals surface area contributed by atoms with Gasteiger partial charge in [0.15, 0.2) is 15.5 Å². The van der Waals surface area contributed by atoms with E-state index in [1.54, 1.807) is 6.26 Å². The van der Waals surface area contributed by atoms with Crippen LogP contribution in [0.1, 0.15) is 5.01 Å². The zero-order valence-corrected chi connectivity index (χ0v) is 12.4. The highest BCUT2D eigenvalue weighted by atomic mass is 32.1. The molecule has 104 valence electrons. The normalized spacial score (nSPS) is 11.2. The summed E-state index contributed by atoms with van der Waals surface area (Å²) in [7, 11) is 0. The van der Waals surface area contributed by atoms with Crippen molar-refractivity contribution >= 4 is 34.6 Å². The van der Waals surface area contributed by atoms with Crippen LogP contribution in [0.2, 0.25) is 0 Å². The first-order valence-corrected chi connectivity index (χ1v) is 7.57. The van der Waals surface area contributed by atoms with E-state index < -0.39 is 0 Å². The van der Waals surface area contributed by atoms with Crippen molar-refractivity contribution in [3.8, 4) is 11.6 Å². The largest absolute Gasteiger partial charge is 0.461 e. The van der Waals surface area contributed by atoms with Crippen LogP contribution >= 0.6 is 23.6 Å². The summed E-state index contributed by atoms with van der Waals surface area (Å²) in [5, 5.41) is 7.95. The lowest BCUT2D eigenvalue weighted by Crippen LogP contribution is -2.01. The third-order valence-corrected chi connectivity index (χ3v) is 4.25. The van der Waals surface area contributed by atoms with Gasteiger partial charge in [0, 0.05) is 0 Å². The molecule has 1 aromatic carbocycles. The molecule has 4 aromatic rings. The Morgan fingerprint density at radius 3 is 2.90 bits per heavy atom. The molecular formula is C14H10N4OS2. The van der Waals surface area contributed by atoms with Crippen molar-refractivity contribution < 1.29 is 4.42 Å². The number of benzene rings is 1. The van der Waals surface area contributed by atoms with Gasteiger partial charge in [-0.25, -0.2) is 4.98 Å². The maximum Gasteiger partial charge on any atom is 0.177 e. The Hall–Kier alpha value is -2.25. The topological polar surface area (TPSA) is 59.6 Å². The highest BCUT2D eigenvalue weighted by Gasteiger charge is 2.15. The van der Waals surface area contributed by atoms with E-state index in [1.807, 2.05) is 36.4 Å². The Bertz CT molecular complexity index is 949. The molecule has 0 fully saturated rings. The van der Waals surface area contributed by atoms with Crippen molar-refractivity contribution in [2.75, 3.05) is 0 Å². The molecule has 0 amide bonds. The smallest absolute Gasteiger partial charge is 0.177 e. The standard InChI is InChI=1S/C14H10N4OS2/c20-14-17-16-12(21-14)8-18-10-5-2-1-4-9(10)15-13(18)11-6-3-7-19-11/h1-7H,8H2,(H,17,20). The van der Waals surface area contributed by atoms with Crippen LogP contribution in [-0.2, 0) is 6.54 Å². The van der Waals surface area contributed by atoms with E-state index in [-0.39, 0.29) is 0 Å². The van der Waals surface area contributed by atoms with Crippen molar-refractivity contribution in [2.45, 2.75) is 6.54 Å². The van der Waals surface area contributed by atoms with Crippen molar-refractivity contribution in [2.24, 2.45) is 0 Å². The predicted octanol–water partition coefficient (Wildman–Crippen LogP) is 3.86. The van der Waals surface area contributed by atoms with Crippen LogP contribution in [0.25, 0.3) is 22.6 Å². The molecule has 0 saturated heterocycles. The molecule has 0 bridgehead atoms. The van der Waals surface area contributed by atoms with Crippen LogP contribution < -0.4 is 0 Å². The first kappa shape index (κ1) is 12.5. The number of hydrogen-bond acceptors (Lipinski definition) is 5. The van der Waals surface area contributed by atoms with Gasteiger partial charge in [-0.1, -0.05) is 23.5 Å². The fourth-order valence-corrected chi connectivity index (χ4v) is 3.22. The minimum atomic E-state index is 0.606. The number of para-hydroxylation sites is 2. The summed E-state index contributed by atoms with van der Waals surface area (Å²) >= 11 is 6.56. The Morgan fingerprint density at radius 1 is 1.24 bits per heavy atom. The summed E-state index contributed by atoms with van der Waals surface area (Å²) in [5.41, 5.74) is 1.98. The molecule has 7 heteroatoms. The van der Waals surface area contributed by atoms with Crippen molar-refractivity contribution in [3.63, 3.8) is 0 Å². The number of fused-ring (bicyclic) bond motifs is 1. The summed E-state index contributed by atoms with van der Waals surface area (Å²) < 4.78 is 8.27. The fraction of sp³-hybridized carbons (Fsp3) is 0.0714. The molecule has 3 heterocycles. The van der Waals surface area contributed by atoms with E-state index in [0.717, 1.165) is 27.6 Å². The Kier molecular flexibility index (Phi) is 2.94. The molecule has 0 spiro atoms. The van der Waals surface area contributed by atoms with Gasteiger partial charge in [-0.3, -0.25) is 5.10 Å². The minimum absolute atomic E-state index is 0.606. The fourth-order valence-electron chi connectivity index (χ4n) is 2.29. The number of imidazole rings is 1. The average Bonchev–Trinajstić information content (AvgIpc) is 3.20. The molecule has 0 radical (unpaired) electrons. The molecule has 0 unspecified atom stereocenters. The van der Waals surface area contributed by atoms with E-state index in [0.29, 0.717) is 10.5 Å². The van der Waals surface area contributed by atoms with Crippen LogP contribution in [0.4, 0.5) is 0 Å². The first-order chi connectivity index (χ1) is 10.3. The predicted molar refractivity (Wildman–Crippen MR) is 83.8 cm³/mol. The van der Waals surface area contributed by atoms with Crippen LogP contribution in [0.3, 0.4) is 0 Å². The quantitative estimate of drug-likeness (QED) is 0.583. The summed E-state index contributed by atoms with van der Waals surface area (Å²) in [6.07, 6.45) is 1.65. The summed E-state index contributed by atoms with van der Waals surface area (Å²) in [6.45, 7) is 0.606. The number of H-pyrrole nitrogens is 1. The summed E-state index contributed by atoms with van der Waals surface area (Å²) in [5.74, 6) is 1.53. The van der Waals surface area contributed by atoms with E-state index in [1.165, 1.54) is 11.3 Å². The average molecular weight is 314 g/mol. The maximum absolute atomic E-state index is 5.50. The molecule has 4 rings (SSSR count). The van der Waals surface area contributed by atoms with Gasteiger partial charge in [-0.15, -0.1) is 0 Å². The highest BCUT2D eigenvalue weighted by molar-refractivity contribution is 7.73. The van der Waals surface area contributed by atoms with Gasteiger partial charge < -0.3 is 8.98 Å². The number of aromatic nitrogens is 4. The van der Waals surface area contributed by atoms with Gasteiger partial charge in [-0.2, -0.15) is 5.10 Å². The lowest BCUT2D eigenvalue weighted by molar-refractivity contribution is 0.572. The Balaban J connectivity index is 1.92. The number of rotatable bonds is 3. The maximum atomic E-state index is 5.50. The minimum Gasteiger partial charge on any atom is -0.461 e. The summed E-state index contributed by atoms with van der Waals surface area (Å²) in [4.78, 5) is 4.67. The molecule has 0 aliphatic carbocycles. The van der Waals surface area contributed by atoms with Gasteiger partial charge in [0.2, 0.25) is 0 Å². The second-order valence-electron chi connectivity index (χ2n) is 4.49. The van der Waals surface area contributed by atoms with Gasteiger partial charge in [-0.05, 0) is 36.5 Å². The zero-order valence-electron chi connectivity index (χ0n) is 10.8. The van der Waals surface area contributed by atoms with E-state index in [2.05, 4.69) is 19.7 Å². The molecule has 5 nitrogen and oxygen atoms in total. The van der Waals surface area contributed by atoms with Crippen molar-refractivity contribution in [3.05, 3.63) is 51.6 Å². The zero-order chi connectivity index (χ0) is 14.2. The lowest BCUT2D eigenvalue weighted by atomic mass is 10.3. The number of nitrogens with zero attached hydrogens (tertiary/aromatic N) is 3. The molecule has 21 heavy (non-hydrogen) atoms. The van der Waals surface area contributed by atoms with Crippen LogP contribution in [0.5, 0.6) is 0 Å². The first-order valence-electron chi connectivity index (χ1n) is 6.35. The molecule has 3 aromatic heterocycles. The van der Waals surface area contributed by atoms with E-state index >= 15 is 0 Å². The summed E-state index contributed by atoms with van der Waals surface area (Å²) in [6, 6.07) is 11.8. The third-order valence-electron chi connectivity index (χ3n) is 3.17. The SMILES string of the molecule is S=c1[nH]nc(Cn2c(-c3ccco3)nc3ccccc32)s1. The van der Waals surface area contributed by atoms with E-state index in [4.69, 9.17) is 16.6 Å². The lowest BCUT2D eigenvalue weighted by Gasteiger charge is -2.04. The van der Waals surface area contributed by atoms with Crippen LogP contribution in [-0.4, -0.2) is 19.7 Å². The monoisotopic (exact) mass is 314 g/mol. The number of aromatic amines is 1. The van der Waals surface area contributed by atoms with Crippen LogP contribution in [0.15, 0.2) is 47.1 Å². The Morgan fingerprint density at radius 2 is 2.14 bits per heavy atom. The Labute approximate surface area is 128 Å². The van der Waals surface area contributed by atoms with Gasteiger partial charge in [0.1, 0.15) is 5.01 Å². The number of nitrogens with one attached hydrogen (secondary N) is 1.